The first kappa shape index (κ1) is 78.7. The maximum absolute atomic E-state index is 7.64. The molecule has 146 heavy (non-hydrogen) atoms. The van der Waals surface area contributed by atoms with Crippen LogP contribution in [0.15, 0.2) is 444 Å². The van der Waals surface area contributed by atoms with Gasteiger partial charge in [0.15, 0.2) is 11.3 Å². The Bertz CT molecular complexity index is 11900. The van der Waals surface area contributed by atoms with E-state index in [9.17, 15) is 0 Å². The van der Waals surface area contributed by atoms with Crippen molar-refractivity contribution in [1.29, 1.82) is 0 Å². The fourth-order valence-corrected chi connectivity index (χ4v) is 25.6. The molecule has 0 saturated heterocycles. The minimum Gasteiger partial charge on any atom is -0.308 e. The summed E-state index contributed by atoms with van der Waals surface area (Å²) in [4.78, 5) is 33.5. The highest BCUT2D eigenvalue weighted by Crippen LogP contribution is 2.54. The predicted molar refractivity (Wildman–Crippen MR) is 603 cm³/mol. The van der Waals surface area contributed by atoms with Crippen LogP contribution in [0.5, 0.6) is 0 Å². The van der Waals surface area contributed by atoms with Crippen LogP contribution in [-0.4, -0.2) is 65.9 Å². The van der Waals surface area contributed by atoms with Gasteiger partial charge in [-0.1, -0.05) is 291 Å². The molecule has 0 bridgehead atoms. The topological polar surface area (TPSA) is 120 Å². The highest BCUT2D eigenvalue weighted by Gasteiger charge is 2.33. The Morgan fingerprint density at radius 2 is 0.616 bits per heavy atom. The summed E-state index contributed by atoms with van der Waals surface area (Å²) in [7, 11) is 0. The fourth-order valence-electron chi connectivity index (χ4n) is 25.6. The molecule has 0 fully saturated rings. The minimum atomic E-state index is 0.545. The zero-order chi connectivity index (χ0) is 95.1. The van der Waals surface area contributed by atoms with E-state index in [-0.39, 0.29) is 0 Å². The van der Waals surface area contributed by atoms with E-state index in [1.54, 1.807) is 6.20 Å². The zero-order valence-electron chi connectivity index (χ0n) is 77.9. The van der Waals surface area contributed by atoms with Crippen molar-refractivity contribution in [1.82, 2.24) is 65.9 Å². The molecule has 672 valence electrons. The third-order valence-electron chi connectivity index (χ3n) is 31.4. The molecule has 35 aromatic rings. The van der Waals surface area contributed by atoms with Gasteiger partial charge >= 0.3 is 0 Å². The Morgan fingerprint density at radius 3 is 1.13 bits per heavy atom. The van der Waals surface area contributed by atoms with E-state index in [0.29, 0.717) is 17.3 Å². The van der Waals surface area contributed by atoms with Crippen LogP contribution in [0, 0.1) is 6.57 Å². The van der Waals surface area contributed by atoms with Gasteiger partial charge in [-0.3, -0.25) is 19.1 Å². The van der Waals surface area contributed by atoms with E-state index in [0.717, 1.165) is 83.4 Å². The lowest BCUT2D eigenvalue weighted by atomic mass is 10.0. The van der Waals surface area contributed by atoms with Crippen LogP contribution in [0.4, 0.5) is 5.69 Å². The third kappa shape index (κ3) is 10.5. The molecule has 16 heterocycles. The number of fused-ring (bicyclic) bond motifs is 43. The van der Waals surface area contributed by atoms with Crippen LogP contribution in [0.3, 0.4) is 0 Å². The number of rotatable bonds is 6. The molecule has 0 N–H and O–H groups in total. The van der Waals surface area contributed by atoms with Crippen molar-refractivity contribution in [2.75, 3.05) is 0 Å². The second-order valence-electron chi connectivity index (χ2n) is 38.6. The van der Waals surface area contributed by atoms with Crippen LogP contribution >= 0.6 is 0 Å². The third-order valence-corrected chi connectivity index (χ3v) is 31.4. The SMILES string of the molecule is [C-]#[N+]c1cccc(-c2nc(-n3c4ccccc4c4cc5c6ccccc6n6c7c8ccccc8ccc7c(c43)c56)nc3ncccc23)c1.c1ccc(-n2c3ccccc3c3c(-n4c5ccccc5c5cc6c7ccccc7n7c8c9ccccc9ccc8c(c54)c67)cncc32)cc1.c1ccc2c(c1)ccc1c3c4c(cc5c6ccccc6n(c21)c53)c1ccccc1n4-c1ccc(-n2c3ccccc3c3ccncc32)cn1. The van der Waals surface area contributed by atoms with E-state index < -0.39 is 0 Å². The number of hydrogen-bond acceptors (Lipinski definition) is 6. The average molecular weight is 1860 g/mol. The Kier molecular flexibility index (Phi) is 15.9. The molecule has 0 spiro atoms. The van der Waals surface area contributed by atoms with Crippen molar-refractivity contribution in [2.24, 2.45) is 0 Å². The molecule has 19 aromatic carbocycles. The van der Waals surface area contributed by atoms with Gasteiger partial charge in [-0.2, -0.15) is 4.98 Å². The van der Waals surface area contributed by atoms with Crippen molar-refractivity contribution in [2.45, 2.75) is 0 Å². The molecule has 0 amide bonds. The van der Waals surface area contributed by atoms with Gasteiger partial charge in [0, 0.05) is 158 Å². The van der Waals surface area contributed by atoms with E-state index in [2.05, 4.69) is 422 Å². The van der Waals surface area contributed by atoms with Crippen LogP contribution in [0.25, 0.3) is 312 Å². The molecule has 15 heteroatoms. The molecule has 35 rings (SSSR count). The smallest absolute Gasteiger partial charge is 0.237 e. The molecular weight excluding hydrogens is 1780 g/mol. The molecule has 0 radical (unpaired) electrons. The van der Waals surface area contributed by atoms with Gasteiger partial charge in [-0.15, -0.1) is 0 Å². The number of pyridine rings is 4. The van der Waals surface area contributed by atoms with Gasteiger partial charge in [0.05, 0.1) is 153 Å². The van der Waals surface area contributed by atoms with E-state index in [4.69, 9.17) is 31.5 Å². The standard InChI is InChI=1S/C45H26N4.C44H25N5.C42H22N6/c1-2-13-28(14-3-1)47-38-21-11-8-18-32(38)41-39(47)25-46-26-40(41)48-36-19-9-6-16-30(36)34-24-35-31-17-7-10-20-37(31)49-43-29-15-5-4-12-27(29)22-23-33(43)42(44(34)48)45(35)49;1-2-10-28-26(9-1)17-19-33-41-43-34(23-35-31-13-5-8-16-38(31)49(42(28)33)44(35)41)30-12-4-7-15-37(30)48(43)40-20-18-27(24-46-40)47-36-14-6-3-11-29(36)32-21-22-45-25-39(32)47;1-43-26-12-8-11-25(22-26)37-31-16-9-21-44-41(31)46-42(45-37)48-35-18-7-5-15-29(35)33-23-32-28-14-4-6-17-34(28)47-38-27-13-3-2-10-24(27)19-20-30(38)36(39(32)47)40(33)48/h1-26H;1-25H;2-23H. The number of aromatic nitrogens is 14. The maximum atomic E-state index is 7.64. The van der Waals surface area contributed by atoms with Gasteiger partial charge in [0.25, 0.3) is 0 Å². The van der Waals surface area contributed by atoms with Crippen molar-refractivity contribution in [3.8, 4) is 40.1 Å². The van der Waals surface area contributed by atoms with E-state index >= 15 is 0 Å². The average Bonchev–Trinajstić information content (AvgIpc) is 1.51. The molecule has 0 atom stereocenters. The van der Waals surface area contributed by atoms with Crippen LogP contribution < -0.4 is 0 Å². The van der Waals surface area contributed by atoms with Gasteiger partial charge in [0.1, 0.15) is 5.82 Å². The lowest BCUT2D eigenvalue weighted by molar-refractivity contribution is 1.01. The number of hydrogen-bond donors (Lipinski definition) is 0. The zero-order valence-corrected chi connectivity index (χ0v) is 77.9. The number of para-hydroxylation sites is 9. The molecule has 0 aliphatic rings. The summed E-state index contributed by atoms with van der Waals surface area (Å²) < 4.78 is 19.2. The largest absolute Gasteiger partial charge is 0.308 e. The van der Waals surface area contributed by atoms with Crippen LogP contribution in [-0.2, 0) is 0 Å². The Labute approximate surface area is 827 Å². The summed E-state index contributed by atoms with van der Waals surface area (Å²) in [6.45, 7) is 7.64. The number of benzene rings is 19. The maximum Gasteiger partial charge on any atom is 0.237 e. The monoisotopic (exact) mass is 1860 g/mol. The number of nitrogens with zero attached hydrogens (tertiary/aromatic N) is 15. The Hall–Kier alpha value is -20.2. The first-order valence-electron chi connectivity index (χ1n) is 49.4. The van der Waals surface area contributed by atoms with Crippen molar-refractivity contribution in [3.63, 3.8) is 0 Å². The molecule has 0 aliphatic carbocycles. The van der Waals surface area contributed by atoms with Crippen LogP contribution in [0.1, 0.15) is 0 Å². The summed E-state index contributed by atoms with van der Waals surface area (Å²) in [5, 5.41) is 35.4. The fraction of sp³-hybridized carbons (Fsp3) is 0. The second-order valence-corrected chi connectivity index (χ2v) is 38.6. The molecule has 0 unspecified atom stereocenters. The summed E-state index contributed by atoms with van der Waals surface area (Å²) in [6.07, 6.45) is 11.7. The molecular formula is C131H73N15. The van der Waals surface area contributed by atoms with Gasteiger partial charge in [-0.25, -0.2) is 19.8 Å². The highest BCUT2D eigenvalue weighted by molar-refractivity contribution is 6.40. The summed E-state index contributed by atoms with van der Waals surface area (Å²) >= 11 is 0. The molecule has 16 aromatic heterocycles. The lowest BCUT2D eigenvalue weighted by Gasteiger charge is -2.12. The minimum absolute atomic E-state index is 0.545. The van der Waals surface area contributed by atoms with Crippen molar-refractivity contribution in [3.05, 3.63) is 455 Å². The Morgan fingerprint density at radius 1 is 0.212 bits per heavy atom. The van der Waals surface area contributed by atoms with E-state index in [1.807, 2.05) is 61.2 Å². The van der Waals surface area contributed by atoms with Gasteiger partial charge in [-0.05, 0) is 137 Å². The summed E-state index contributed by atoms with van der Waals surface area (Å²) in [6, 6.07) is 146. The quantitative estimate of drug-likeness (QED) is 0.153. The van der Waals surface area contributed by atoms with Crippen LogP contribution in [0.2, 0.25) is 0 Å². The second kappa shape index (κ2) is 29.5. The van der Waals surface area contributed by atoms with E-state index in [1.165, 1.54) is 212 Å². The summed E-state index contributed by atoms with van der Waals surface area (Å²) in [5.41, 5.74) is 28.4. The highest BCUT2D eigenvalue weighted by atomic mass is 15.2. The van der Waals surface area contributed by atoms with Gasteiger partial charge in [0.2, 0.25) is 5.95 Å². The molecule has 0 aliphatic heterocycles. The molecule has 15 nitrogen and oxygen atoms in total. The Balaban J connectivity index is 0.0000000958. The lowest BCUT2D eigenvalue weighted by Crippen LogP contribution is -2.04. The predicted octanol–water partition coefficient (Wildman–Crippen LogP) is 33.2. The molecule has 0 saturated carbocycles. The summed E-state index contributed by atoms with van der Waals surface area (Å²) in [5.74, 6) is 1.43. The van der Waals surface area contributed by atoms with Gasteiger partial charge < -0.3 is 26.9 Å². The first-order valence-corrected chi connectivity index (χ1v) is 49.4. The first-order chi connectivity index (χ1) is 72.5. The normalized spacial score (nSPS) is 12.4. The van der Waals surface area contributed by atoms with Crippen molar-refractivity contribution < 1.29 is 0 Å². The van der Waals surface area contributed by atoms with Crippen molar-refractivity contribution >= 4 is 272 Å².